The summed E-state index contributed by atoms with van der Waals surface area (Å²) in [4.78, 5) is 39.0. The zero-order valence-corrected chi connectivity index (χ0v) is 18.8. The highest BCUT2D eigenvalue weighted by atomic mass is 16.5. The van der Waals surface area contributed by atoms with Gasteiger partial charge in [0.05, 0.1) is 6.04 Å². The second kappa shape index (κ2) is 12.7. The van der Waals surface area contributed by atoms with Crippen molar-refractivity contribution >= 4 is 17.8 Å². The van der Waals surface area contributed by atoms with Gasteiger partial charge in [-0.15, -0.1) is 0 Å². The van der Waals surface area contributed by atoms with Gasteiger partial charge in [-0.25, -0.2) is 0 Å². The topological polar surface area (TPSA) is 95.9 Å². The molecule has 1 heterocycles. The van der Waals surface area contributed by atoms with Gasteiger partial charge in [0.15, 0.2) is 0 Å². The number of esters is 1. The van der Waals surface area contributed by atoms with Gasteiger partial charge in [0.25, 0.3) is 0 Å². The largest absolute Gasteiger partial charge is 0.480 e. The van der Waals surface area contributed by atoms with Crippen LogP contribution >= 0.6 is 0 Å². The number of hydrogen-bond donors (Lipinski definition) is 2. The standard InChI is InChI=1S/C26H32N2O5/c29-24(33-19-21-12-6-2-7-13-21)18-28-17-9-3-8-14-22(25(28)30)27-23(26(31)32)16-15-20-10-4-1-5-11-20/h1-2,4-7,10-13,22-23,27H,3,8-9,14-19H2,(H,31,32)/t22-,23-/m0/s1. The van der Waals surface area contributed by atoms with Crippen LogP contribution in [0.3, 0.4) is 0 Å². The fourth-order valence-electron chi connectivity index (χ4n) is 4.01. The summed E-state index contributed by atoms with van der Waals surface area (Å²) in [5, 5.41) is 12.8. The molecular formula is C26H32N2O5. The van der Waals surface area contributed by atoms with Crippen molar-refractivity contribution < 1.29 is 24.2 Å². The molecule has 176 valence electrons. The molecule has 2 N–H and O–H groups in total. The lowest BCUT2D eigenvalue weighted by Crippen LogP contribution is -2.54. The fourth-order valence-corrected chi connectivity index (χ4v) is 4.01. The number of carbonyl (C=O) groups is 3. The lowest BCUT2D eigenvalue weighted by Gasteiger charge is -2.31. The molecule has 2 atom stereocenters. The third-order valence-electron chi connectivity index (χ3n) is 5.86. The van der Waals surface area contributed by atoms with Crippen LogP contribution in [0, 0.1) is 0 Å². The Hall–Kier alpha value is -3.19. The van der Waals surface area contributed by atoms with Crippen molar-refractivity contribution in [1.29, 1.82) is 0 Å². The Morgan fingerprint density at radius 3 is 2.33 bits per heavy atom. The van der Waals surface area contributed by atoms with Crippen LogP contribution in [0.2, 0.25) is 0 Å². The number of hydrogen-bond acceptors (Lipinski definition) is 5. The first-order valence-electron chi connectivity index (χ1n) is 11.5. The highest BCUT2D eigenvalue weighted by molar-refractivity contribution is 5.86. The van der Waals surface area contributed by atoms with Gasteiger partial charge in [0.1, 0.15) is 19.2 Å². The van der Waals surface area contributed by atoms with Gasteiger partial charge in [-0.05, 0) is 36.8 Å². The lowest BCUT2D eigenvalue weighted by molar-refractivity contribution is -0.151. The summed E-state index contributed by atoms with van der Waals surface area (Å²) in [5.41, 5.74) is 1.93. The van der Waals surface area contributed by atoms with Crippen LogP contribution < -0.4 is 5.32 Å². The zero-order valence-electron chi connectivity index (χ0n) is 18.8. The van der Waals surface area contributed by atoms with E-state index in [2.05, 4.69) is 5.32 Å². The number of carboxylic acid groups (broad SMARTS) is 1. The molecule has 0 spiro atoms. The smallest absolute Gasteiger partial charge is 0.325 e. The van der Waals surface area contributed by atoms with Crippen molar-refractivity contribution in [1.82, 2.24) is 10.2 Å². The minimum atomic E-state index is -0.977. The van der Waals surface area contributed by atoms with E-state index in [-0.39, 0.29) is 19.1 Å². The summed E-state index contributed by atoms with van der Waals surface area (Å²) in [6, 6.07) is 17.6. The highest BCUT2D eigenvalue weighted by Gasteiger charge is 2.31. The van der Waals surface area contributed by atoms with Crippen LogP contribution in [0.25, 0.3) is 0 Å². The predicted octanol–water partition coefficient (Wildman–Crippen LogP) is 3.18. The maximum atomic E-state index is 13.2. The number of aryl methyl sites for hydroxylation is 1. The molecule has 7 nitrogen and oxygen atoms in total. The first-order valence-corrected chi connectivity index (χ1v) is 11.5. The number of carbonyl (C=O) groups excluding carboxylic acids is 2. The molecule has 1 aliphatic rings. The predicted molar refractivity (Wildman–Crippen MR) is 124 cm³/mol. The summed E-state index contributed by atoms with van der Waals surface area (Å²) in [6.45, 7) is 0.481. The molecule has 3 rings (SSSR count). The van der Waals surface area contributed by atoms with Gasteiger partial charge >= 0.3 is 11.9 Å². The van der Waals surface area contributed by atoms with E-state index in [1.54, 1.807) is 0 Å². The minimum Gasteiger partial charge on any atom is -0.480 e. The second-order valence-electron chi connectivity index (χ2n) is 8.39. The van der Waals surface area contributed by atoms with E-state index in [0.29, 0.717) is 25.8 Å². The SMILES string of the molecule is O=C(CN1CCCCC[C@H](N[C@@H](CCc2ccccc2)C(=O)O)C1=O)OCc1ccccc1. The summed E-state index contributed by atoms with van der Waals surface area (Å²) in [6.07, 6.45) is 4.08. The van der Waals surface area contributed by atoms with E-state index in [1.165, 1.54) is 4.90 Å². The first kappa shape index (κ1) is 24.5. The molecule has 1 saturated heterocycles. The molecule has 0 saturated carbocycles. The van der Waals surface area contributed by atoms with E-state index in [9.17, 15) is 19.5 Å². The molecule has 2 aromatic carbocycles. The molecule has 0 aromatic heterocycles. The molecule has 33 heavy (non-hydrogen) atoms. The van der Waals surface area contributed by atoms with Gasteiger partial charge < -0.3 is 14.7 Å². The molecule has 0 bridgehead atoms. The molecule has 0 radical (unpaired) electrons. The monoisotopic (exact) mass is 452 g/mol. The number of aliphatic carboxylic acids is 1. The zero-order chi connectivity index (χ0) is 23.5. The van der Waals surface area contributed by atoms with Crippen molar-refractivity contribution in [3.8, 4) is 0 Å². The van der Waals surface area contributed by atoms with Crippen LogP contribution in [0.5, 0.6) is 0 Å². The Morgan fingerprint density at radius 2 is 1.67 bits per heavy atom. The fraction of sp³-hybridized carbons (Fsp3) is 0.423. The third-order valence-corrected chi connectivity index (χ3v) is 5.86. The number of benzene rings is 2. The number of amides is 1. The summed E-state index contributed by atoms with van der Waals surface area (Å²) in [5.74, 6) is -1.68. The van der Waals surface area contributed by atoms with Crippen LogP contribution in [-0.4, -0.2) is 53.0 Å². The van der Waals surface area contributed by atoms with Crippen LogP contribution in [0.1, 0.15) is 43.2 Å². The van der Waals surface area contributed by atoms with Gasteiger partial charge in [0.2, 0.25) is 5.91 Å². The van der Waals surface area contributed by atoms with Crippen molar-refractivity contribution in [3.05, 3.63) is 71.8 Å². The normalized spacial score (nSPS) is 17.6. The van der Waals surface area contributed by atoms with E-state index < -0.39 is 24.0 Å². The van der Waals surface area contributed by atoms with Gasteiger partial charge in [-0.1, -0.05) is 73.5 Å². The molecule has 1 amide bonds. The van der Waals surface area contributed by atoms with E-state index in [0.717, 1.165) is 30.4 Å². The Morgan fingerprint density at radius 1 is 1.00 bits per heavy atom. The summed E-state index contributed by atoms with van der Waals surface area (Å²) in [7, 11) is 0. The van der Waals surface area contributed by atoms with Crippen molar-refractivity contribution in [2.75, 3.05) is 13.1 Å². The van der Waals surface area contributed by atoms with Crippen LogP contribution in [-0.2, 0) is 32.1 Å². The molecule has 1 aliphatic heterocycles. The first-order chi connectivity index (χ1) is 16.0. The van der Waals surface area contributed by atoms with E-state index in [1.807, 2.05) is 60.7 Å². The number of rotatable bonds is 10. The molecule has 0 unspecified atom stereocenters. The summed E-state index contributed by atoms with van der Waals surface area (Å²) < 4.78 is 5.35. The Kier molecular flexibility index (Phi) is 9.44. The molecule has 7 heteroatoms. The Bertz CT molecular complexity index is 903. The van der Waals surface area contributed by atoms with E-state index in [4.69, 9.17) is 4.74 Å². The number of nitrogens with zero attached hydrogens (tertiary/aromatic N) is 1. The number of ether oxygens (including phenoxy) is 1. The molecule has 2 aromatic rings. The second-order valence-corrected chi connectivity index (χ2v) is 8.39. The average Bonchev–Trinajstić information content (AvgIpc) is 2.82. The van der Waals surface area contributed by atoms with Crippen LogP contribution in [0.4, 0.5) is 0 Å². The van der Waals surface area contributed by atoms with Gasteiger partial charge in [-0.3, -0.25) is 19.7 Å². The van der Waals surface area contributed by atoms with Gasteiger partial charge in [-0.2, -0.15) is 0 Å². The van der Waals surface area contributed by atoms with Crippen molar-refractivity contribution in [3.63, 3.8) is 0 Å². The molecule has 1 fully saturated rings. The van der Waals surface area contributed by atoms with E-state index >= 15 is 0 Å². The maximum absolute atomic E-state index is 13.2. The van der Waals surface area contributed by atoms with Gasteiger partial charge in [0, 0.05) is 6.54 Å². The highest BCUT2D eigenvalue weighted by Crippen LogP contribution is 2.15. The summed E-state index contributed by atoms with van der Waals surface area (Å²) >= 11 is 0. The van der Waals surface area contributed by atoms with Crippen molar-refractivity contribution in [2.24, 2.45) is 0 Å². The molecular weight excluding hydrogens is 420 g/mol. The minimum absolute atomic E-state index is 0.133. The van der Waals surface area contributed by atoms with Crippen molar-refractivity contribution in [2.45, 2.75) is 57.2 Å². The quantitative estimate of drug-likeness (QED) is 0.538. The number of nitrogens with one attached hydrogen (secondary N) is 1. The average molecular weight is 453 g/mol. The maximum Gasteiger partial charge on any atom is 0.325 e. The Balaban J connectivity index is 1.58. The number of likely N-dealkylation sites (tertiary alicyclic amines) is 1. The number of carboxylic acids is 1. The van der Waals surface area contributed by atoms with Crippen LogP contribution in [0.15, 0.2) is 60.7 Å². The lowest BCUT2D eigenvalue weighted by atomic mass is 10.00. The third kappa shape index (κ3) is 8.02. The molecule has 0 aliphatic carbocycles. The Labute approximate surface area is 194 Å².